The van der Waals surface area contributed by atoms with E-state index in [1.54, 1.807) is 11.0 Å². The Balaban J connectivity index is 1.51. The molecule has 0 atom stereocenters. The van der Waals surface area contributed by atoms with Crippen molar-refractivity contribution < 1.29 is 18.8 Å². The van der Waals surface area contributed by atoms with E-state index < -0.39 is 5.82 Å². The summed E-state index contributed by atoms with van der Waals surface area (Å²) in [5.74, 6) is -1.12. The van der Waals surface area contributed by atoms with Gasteiger partial charge in [-0.3, -0.25) is 14.4 Å². The molecule has 25 heavy (non-hydrogen) atoms. The van der Waals surface area contributed by atoms with E-state index in [1.165, 1.54) is 18.2 Å². The number of hydrogen-bond acceptors (Lipinski definition) is 4. The van der Waals surface area contributed by atoms with Crippen molar-refractivity contribution >= 4 is 23.4 Å². The fourth-order valence-corrected chi connectivity index (χ4v) is 2.94. The molecule has 1 aromatic carbocycles. The zero-order valence-electron chi connectivity index (χ0n) is 13.6. The lowest BCUT2D eigenvalue weighted by molar-refractivity contribution is -0.125. The molecule has 1 aromatic rings. The van der Waals surface area contributed by atoms with Gasteiger partial charge in [0.05, 0.1) is 0 Å². The van der Waals surface area contributed by atoms with Gasteiger partial charge in [-0.1, -0.05) is 6.07 Å². The highest BCUT2D eigenvalue weighted by atomic mass is 19.1. The van der Waals surface area contributed by atoms with Crippen LogP contribution in [0.2, 0.25) is 0 Å². The van der Waals surface area contributed by atoms with E-state index in [4.69, 9.17) is 0 Å². The molecule has 3 rings (SSSR count). The number of piperidine rings is 1. The van der Waals surface area contributed by atoms with E-state index in [2.05, 4.69) is 15.8 Å². The minimum absolute atomic E-state index is 0.0622. The summed E-state index contributed by atoms with van der Waals surface area (Å²) in [6.07, 6.45) is 1.85. The van der Waals surface area contributed by atoms with Gasteiger partial charge in [0.2, 0.25) is 5.91 Å². The van der Waals surface area contributed by atoms with Crippen LogP contribution < -0.4 is 10.7 Å². The standard InChI is InChI=1S/C17H19FN4O3/c18-12-3-1-2-11(10-12)16(24)19-13-6-8-22(9-7-13)17(25)14-4-5-15(23)21-20-14/h1-3,10,13H,4-9H2,(H,19,24)(H,21,23). The Labute approximate surface area is 144 Å². The molecule has 7 nitrogen and oxygen atoms in total. The topological polar surface area (TPSA) is 90.9 Å². The van der Waals surface area contributed by atoms with Gasteiger partial charge in [-0.25, -0.2) is 9.82 Å². The van der Waals surface area contributed by atoms with Crippen LogP contribution in [0.25, 0.3) is 0 Å². The average molecular weight is 346 g/mol. The largest absolute Gasteiger partial charge is 0.349 e. The molecule has 132 valence electrons. The number of nitrogens with zero attached hydrogens (tertiary/aromatic N) is 2. The number of likely N-dealkylation sites (tertiary alicyclic amines) is 1. The highest BCUT2D eigenvalue weighted by Crippen LogP contribution is 2.14. The molecule has 1 saturated heterocycles. The normalized spacial score (nSPS) is 18.4. The van der Waals surface area contributed by atoms with Crippen molar-refractivity contribution in [1.29, 1.82) is 0 Å². The lowest BCUT2D eigenvalue weighted by atomic mass is 10.0. The maximum absolute atomic E-state index is 13.2. The molecular formula is C17H19FN4O3. The Morgan fingerprint density at radius 2 is 2.00 bits per heavy atom. The summed E-state index contributed by atoms with van der Waals surface area (Å²) in [5, 5.41) is 6.70. The van der Waals surface area contributed by atoms with Gasteiger partial charge in [-0.05, 0) is 31.0 Å². The maximum Gasteiger partial charge on any atom is 0.270 e. The zero-order valence-corrected chi connectivity index (χ0v) is 13.6. The van der Waals surface area contributed by atoms with Crippen LogP contribution in [-0.4, -0.2) is 47.5 Å². The molecule has 0 radical (unpaired) electrons. The van der Waals surface area contributed by atoms with Gasteiger partial charge in [-0.15, -0.1) is 0 Å². The number of amides is 3. The predicted octanol–water partition coefficient (Wildman–Crippen LogP) is 0.812. The molecule has 0 unspecified atom stereocenters. The van der Waals surface area contributed by atoms with Crippen molar-refractivity contribution in [3.05, 3.63) is 35.6 Å². The van der Waals surface area contributed by atoms with Crippen LogP contribution in [0.15, 0.2) is 29.4 Å². The quantitative estimate of drug-likeness (QED) is 0.849. The molecule has 2 aliphatic heterocycles. The first-order valence-electron chi connectivity index (χ1n) is 8.24. The summed E-state index contributed by atoms with van der Waals surface area (Å²) in [5.41, 5.74) is 2.97. The van der Waals surface area contributed by atoms with Gasteiger partial charge in [0, 0.05) is 37.5 Å². The second-order valence-corrected chi connectivity index (χ2v) is 6.14. The van der Waals surface area contributed by atoms with Crippen molar-refractivity contribution in [3.63, 3.8) is 0 Å². The van der Waals surface area contributed by atoms with Crippen molar-refractivity contribution in [2.45, 2.75) is 31.7 Å². The summed E-state index contributed by atoms with van der Waals surface area (Å²) in [4.78, 5) is 37.3. The highest BCUT2D eigenvalue weighted by Gasteiger charge is 2.28. The van der Waals surface area contributed by atoms with Gasteiger partial charge in [-0.2, -0.15) is 5.10 Å². The van der Waals surface area contributed by atoms with E-state index in [0.29, 0.717) is 38.1 Å². The number of nitrogens with one attached hydrogen (secondary N) is 2. The molecular weight excluding hydrogens is 327 g/mol. The van der Waals surface area contributed by atoms with Crippen LogP contribution >= 0.6 is 0 Å². The summed E-state index contributed by atoms with van der Waals surface area (Å²) < 4.78 is 13.2. The number of rotatable bonds is 3. The molecule has 2 N–H and O–H groups in total. The fourth-order valence-electron chi connectivity index (χ4n) is 2.94. The van der Waals surface area contributed by atoms with Gasteiger partial charge in [0.25, 0.3) is 11.8 Å². The first kappa shape index (κ1) is 17.1. The first-order chi connectivity index (χ1) is 12.0. The number of benzene rings is 1. The maximum atomic E-state index is 13.2. The molecule has 2 aliphatic rings. The molecule has 8 heteroatoms. The lowest BCUT2D eigenvalue weighted by Crippen LogP contribution is -2.49. The van der Waals surface area contributed by atoms with Crippen LogP contribution in [0.3, 0.4) is 0 Å². The Morgan fingerprint density at radius 1 is 1.24 bits per heavy atom. The van der Waals surface area contributed by atoms with Crippen molar-refractivity contribution in [2.75, 3.05) is 13.1 Å². The first-order valence-corrected chi connectivity index (χ1v) is 8.24. The number of carbonyl (C=O) groups is 3. The van der Waals surface area contributed by atoms with E-state index in [1.807, 2.05) is 0 Å². The van der Waals surface area contributed by atoms with E-state index in [-0.39, 0.29) is 35.7 Å². The third kappa shape index (κ3) is 4.20. The Morgan fingerprint density at radius 3 is 2.64 bits per heavy atom. The molecule has 2 heterocycles. The molecule has 3 amide bonds. The molecule has 0 bridgehead atoms. The summed E-state index contributed by atoms with van der Waals surface area (Å²) >= 11 is 0. The minimum Gasteiger partial charge on any atom is -0.349 e. The number of carbonyl (C=O) groups excluding carboxylic acids is 3. The van der Waals surface area contributed by atoms with Crippen molar-refractivity contribution in [3.8, 4) is 0 Å². The molecule has 0 aliphatic carbocycles. The molecule has 0 spiro atoms. The molecule has 0 saturated carbocycles. The number of hydrogen-bond donors (Lipinski definition) is 2. The van der Waals surface area contributed by atoms with E-state index >= 15 is 0 Å². The SMILES string of the molecule is O=C1CCC(C(=O)N2CCC(NC(=O)c3cccc(F)c3)CC2)=NN1. The summed E-state index contributed by atoms with van der Waals surface area (Å²) in [6, 6.07) is 5.48. The second kappa shape index (κ2) is 7.42. The van der Waals surface area contributed by atoms with Gasteiger partial charge in [0.1, 0.15) is 11.5 Å². The van der Waals surface area contributed by atoms with Gasteiger partial charge < -0.3 is 10.2 Å². The highest BCUT2D eigenvalue weighted by molar-refractivity contribution is 6.39. The Kier molecular flexibility index (Phi) is 5.06. The lowest BCUT2D eigenvalue weighted by Gasteiger charge is -2.33. The smallest absolute Gasteiger partial charge is 0.270 e. The van der Waals surface area contributed by atoms with Crippen LogP contribution in [-0.2, 0) is 9.59 Å². The molecule has 0 aromatic heterocycles. The second-order valence-electron chi connectivity index (χ2n) is 6.14. The van der Waals surface area contributed by atoms with Crippen LogP contribution in [0.4, 0.5) is 4.39 Å². The third-order valence-corrected chi connectivity index (χ3v) is 4.36. The van der Waals surface area contributed by atoms with E-state index in [9.17, 15) is 18.8 Å². The fraction of sp³-hybridized carbons (Fsp3) is 0.412. The summed E-state index contributed by atoms with van der Waals surface area (Å²) in [6.45, 7) is 1.000. The van der Waals surface area contributed by atoms with Crippen molar-refractivity contribution in [2.24, 2.45) is 5.10 Å². The molecule has 1 fully saturated rings. The average Bonchev–Trinajstić information content (AvgIpc) is 2.62. The van der Waals surface area contributed by atoms with Crippen LogP contribution in [0.5, 0.6) is 0 Å². The van der Waals surface area contributed by atoms with E-state index in [0.717, 1.165) is 0 Å². The number of hydrazone groups is 1. The Hall–Kier alpha value is -2.77. The van der Waals surface area contributed by atoms with Crippen LogP contribution in [0.1, 0.15) is 36.0 Å². The monoisotopic (exact) mass is 346 g/mol. The van der Waals surface area contributed by atoms with Gasteiger partial charge in [0.15, 0.2) is 0 Å². The van der Waals surface area contributed by atoms with Crippen LogP contribution in [0, 0.1) is 5.82 Å². The zero-order chi connectivity index (χ0) is 17.8. The predicted molar refractivity (Wildman–Crippen MR) is 88.3 cm³/mol. The Bertz CT molecular complexity index is 726. The third-order valence-electron chi connectivity index (χ3n) is 4.36. The minimum atomic E-state index is -0.451. The number of halogens is 1. The summed E-state index contributed by atoms with van der Waals surface area (Å²) in [7, 11) is 0. The van der Waals surface area contributed by atoms with Gasteiger partial charge >= 0.3 is 0 Å². The van der Waals surface area contributed by atoms with Crippen molar-refractivity contribution in [1.82, 2.24) is 15.6 Å².